The van der Waals surface area contributed by atoms with Crippen LogP contribution in [0.2, 0.25) is 0 Å². The number of hydrogen-bond donors (Lipinski definition) is 1. The molecule has 5 rings (SSSR count). The van der Waals surface area contributed by atoms with Gasteiger partial charge >= 0.3 is 12.1 Å². The van der Waals surface area contributed by atoms with E-state index in [9.17, 15) is 23.5 Å². The van der Waals surface area contributed by atoms with Crippen molar-refractivity contribution in [1.29, 1.82) is 0 Å². The van der Waals surface area contributed by atoms with Gasteiger partial charge in [-0.15, -0.1) is 0 Å². The van der Waals surface area contributed by atoms with Crippen LogP contribution in [0.1, 0.15) is 79.5 Å². The number of benzene rings is 2. The molecule has 1 saturated heterocycles. The highest BCUT2D eigenvalue weighted by atomic mass is 19.3. The van der Waals surface area contributed by atoms with Crippen LogP contribution in [0.25, 0.3) is 10.9 Å². The molecule has 3 aromatic rings. The van der Waals surface area contributed by atoms with Gasteiger partial charge in [-0.25, -0.2) is 18.4 Å². The number of rotatable bonds is 4. The fourth-order valence-electron chi connectivity index (χ4n) is 6.43. The predicted octanol–water partition coefficient (Wildman–Crippen LogP) is 6.98. The van der Waals surface area contributed by atoms with E-state index in [0.29, 0.717) is 42.6 Å². The summed E-state index contributed by atoms with van der Waals surface area (Å²) < 4.78 is 39.9. The molecule has 1 N–H and O–H groups in total. The molecular weight excluding hydrogens is 518 g/mol. The Morgan fingerprint density at radius 2 is 1.80 bits per heavy atom. The number of aryl methyl sites for hydroxylation is 1. The number of phenolic OH excluding ortho intramolecular Hbond substituents is 1. The molecular formula is C31H36F2N2O5. The molecule has 40 heavy (non-hydrogen) atoms. The lowest BCUT2D eigenvalue weighted by Crippen LogP contribution is -2.53. The molecule has 0 radical (unpaired) electrons. The molecule has 1 spiro atoms. The van der Waals surface area contributed by atoms with Crippen molar-refractivity contribution < 1.29 is 33.0 Å². The third-order valence-electron chi connectivity index (χ3n) is 8.18. The van der Waals surface area contributed by atoms with E-state index < -0.39 is 29.0 Å². The van der Waals surface area contributed by atoms with E-state index in [1.165, 1.54) is 11.7 Å². The van der Waals surface area contributed by atoms with Crippen LogP contribution in [0.5, 0.6) is 5.75 Å². The van der Waals surface area contributed by atoms with Crippen molar-refractivity contribution in [3.63, 3.8) is 0 Å². The van der Waals surface area contributed by atoms with Crippen LogP contribution in [0.15, 0.2) is 42.6 Å². The SMILES string of the molecule is COC(=O)c1ccc([C@@H]2CC3(CCN2Cc2c(O)cc(C)c4c2ccn4C(=O)OC(C)(C)C)CC(F)(F)C3)cc1. The maximum atomic E-state index is 14.0. The Bertz CT molecular complexity index is 1450. The minimum absolute atomic E-state index is 0.113. The minimum atomic E-state index is -2.63. The average Bonchev–Trinajstić information content (AvgIpc) is 3.31. The Labute approximate surface area is 232 Å². The standard InChI is InChI=1S/C31H36F2N2O5/c1-19-14-25(36)23(22-10-12-35(26(19)22)28(38)40-29(2,3)4)16-34-13-11-30(17-31(32,33)18-30)15-24(34)20-6-8-21(9-7-20)27(37)39-5/h6-10,12,14,24,36H,11,13,15-18H2,1-5H3/t24-/m0/s1. The molecule has 1 aliphatic carbocycles. The Morgan fingerprint density at radius 3 is 2.40 bits per heavy atom. The van der Waals surface area contributed by atoms with E-state index in [4.69, 9.17) is 9.47 Å². The second-order valence-corrected chi connectivity index (χ2v) is 12.4. The zero-order chi connectivity index (χ0) is 29.0. The minimum Gasteiger partial charge on any atom is -0.508 e. The van der Waals surface area contributed by atoms with E-state index in [-0.39, 0.29) is 24.6 Å². The first-order chi connectivity index (χ1) is 18.7. The summed E-state index contributed by atoms with van der Waals surface area (Å²) in [6.45, 7) is 8.18. The van der Waals surface area contributed by atoms with Crippen LogP contribution < -0.4 is 0 Å². The first-order valence-electron chi connectivity index (χ1n) is 13.6. The largest absolute Gasteiger partial charge is 0.508 e. The van der Waals surface area contributed by atoms with Crippen molar-refractivity contribution >= 4 is 23.0 Å². The molecule has 2 fully saturated rings. The predicted molar refractivity (Wildman–Crippen MR) is 147 cm³/mol. The van der Waals surface area contributed by atoms with Crippen LogP contribution >= 0.6 is 0 Å². The number of fused-ring (bicyclic) bond motifs is 1. The lowest BCUT2D eigenvalue weighted by molar-refractivity contribution is -0.186. The number of piperidine rings is 1. The zero-order valence-corrected chi connectivity index (χ0v) is 23.6. The molecule has 0 bridgehead atoms. The van der Waals surface area contributed by atoms with Gasteiger partial charge < -0.3 is 14.6 Å². The summed E-state index contributed by atoms with van der Waals surface area (Å²) in [4.78, 5) is 27.1. The third kappa shape index (κ3) is 5.31. The summed E-state index contributed by atoms with van der Waals surface area (Å²) in [5.41, 5.74) is 2.28. The van der Waals surface area contributed by atoms with Crippen LogP contribution in [0, 0.1) is 12.3 Å². The van der Waals surface area contributed by atoms with Crippen LogP contribution in [-0.4, -0.2) is 51.8 Å². The van der Waals surface area contributed by atoms with Gasteiger partial charge in [-0.3, -0.25) is 9.47 Å². The number of carbonyl (C=O) groups is 2. The molecule has 0 unspecified atom stereocenters. The number of phenols is 1. The highest BCUT2D eigenvalue weighted by Gasteiger charge is 2.58. The molecule has 2 aliphatic rings. The quantitative estimate of drug-likeness (QED) is 0.351. The number of aromatic hydroxyl groups is 1. The van der Waals surface area contributed by atoms with Gasteiger partial charge in [0.2, 0.25) is 5.92 Å². The maximum absolute atomic E-state index is 14.0. The number of methoxy groups -OCH3 is 1. The summed E-state index contributed by atoms with van der Waals surface area (Å²) >= 11 is 0. The van der Waals surface area contributed by atoms with Gasteiger partial charge in [0.1, 0.15) is 11.4 Å². The average molecular weight is 555 g/mol. The van der Waals surface area contributed by atoms with Gasteiger partial charge in [0, 0.05) is 42.6 Å². The third-order valence-corrected chi connectivity index (χ3v) is 8.18. The number of carbonyl (C=O) groups excluding carboxylic acids is 2. The maximum Gasteiger partial charge on any atom is 0.419 e. The number of alkyl halides is 2. The first-order valence-corrected chi connectivity index (χ1v) is 13.6. The fourth-order valence-corrected chi connectivity index (χ4v) is 6.43. The Balaban J connectivity index is 1.50. The molecule has 1 aromatic heterocycles. The second kappa shape index (κ2) is 9.87. The fraction of sp³-hybridized carbons (Fsp3) is 0.484. The molecule has 1 atom stereocenters. The second-order valence-electron chi connectivity index (χ2n) is 12.4. The number of ether oxygens (including phenoxy) is 2. The Morgan fingerprint density at radius 1 is 1.12 bits per heavy atom. The molecule has 7 nitrogen and oxygen atoms in total. The molecule has 2 heterocycles. The summed E-state index contributed by atoms with van der Waals surface area (Å²) in [6.07, 6.45) is 2.09. The summed E-state index contributed by atoms with van der Waals surface area (Å²) in [7, 11) is 1.32. The number of esters is 1. The molecule has 1 saturated carbocycles. The monoisotopic (exact) mass is 554 g/mol. The van der Waals surface area contributed by atoms with E-state index >= 15 is 0 Å². The van der Waals surface area contributed by atoms with Crippen LogP contribution in [0.4, 0.5) is 13.6 Å². The van der Waals surface area contributed by atoms with Crippen molar-refractivity contribution in [2.45, 2.75) is 77.5 Å². The lowest BCUT2D eigenvalue weighted by atomic mass is 9.59. The van der Waals surface area contributed by atoms with Gasteiger partial charge in [-0.1, -0.05) is 12.1 Å². The normalized spacial score (nSPS) is 20.3. The Kier molecular flexibility index (Phi) is 6.93. The lowest BCUT2D eigenvalue weighted by Gasteiger charge is -2.54. The van der Waals surface area contributed by atoms with Crippen LogP contribution in [-0.2, 0) is 16.0 Å². The summed E-state index contributed by atoms with van der Waals surface area (Å²) in [5, 5.41) is 11.8. The topological polar surface area (TPSA) is 81.0 Å². The highest BCUT2D eigenvalue weighted by Crippen LogP contribution is 2.60. The van der Waals surface area contributed by atoms with Gasteiger partial charge in [-0.05, 0) is 87.9 Å². The van der Waals surface area contributed by atoms with Crippen molar-refractivity contribution in [1.82, 2.24) is 9.47 Å². The van der Waals surface area contributed by atoms with Crippen molar-refractivity contribution in [2.75, 3.05) is 13.7 Å². The first kappa shape index (κ1) is 28.1. The van der Waals surface area contributed by atoms with Gasteiger partial charge in [0.25, 0.3) is 0 Å². The molecule has 9 heteroatoms. The number of halogens is 2. The molecule has 214 valence electrons. The van der Waals surface area contributed by atoms with E-state index in [0.717, 1.165) is 16.5 Å². The van der Waals surface area contributed by atoms with E-state index in [2.05, 4.69) is 4.90 Å². The zero-order valence-electron chi connectivity index (χ0n) is 23.6. The van der Waals surface area contributed by atoms with Crippen molar-refractivity contribution in [3.05, 3.63) is 64.8 Å². The number of hydrogen-bond acceptors (Lipinski definition) is 6. The molecule has 0 amide bonds. The van der Waals surface area contributed by atoms with Crippen molar-refractivity contribution in [3.8, 4) is 5.75 Å². The molecule has 1 aliphatic heterocycles. The summed E-state index contributed by atoms with van der Waals surface area (Å²) in [5.74, 6) is -2.96. The van der Waals surface area contributed by atoms with E-state index in [1.54, 1.807) is 51.2 Å². The highest BCUT2D eigenvalue weighted by molar-refractivity contribution is 5.95. The number of aromatic nitrogens is 1. The molecule has 2 aromatic carbocycles. The number of nitrogens with zero attached hydrogens (tertiary/aromatic N) is 2. The number of likely N-dealkylation sites (tertiary alicyclic amines) is 1. The Hall–Kier alpha value is -3.46. The van der Waals surface area contributed by atoms with E-state index in [1.807, 2.05) is 19.1 Å². The van der Waals surface area contributed by atoms with Crippen LogP contribution in [0.3, 0.4) is 0 Å². The summed E-state index contributed by atoms with van der Waals surface area (Å²) in [6, 6.07) is 10.3. The van der Waals surface area contributed by atoms with Gasteiger partial charge in [-0.2, -0.15) is 0 Å². The van der Waals surface area contributed by atoms with Gasteiger partial charge in [0.15, 0.2) is 0 Å². The smallest absolute Gasteiger partial charge is 0.419 e. The van der Waals surface area contributed by atoms with Gasteiger partial charge in [0.05, 0.1) is 18.2 Å². The van der Waals surface area contributed by atoms with Crippen molar-refractivity contribution in [2.24, 2.45) is 5.41 Å².